The van der Waals surface area contributed by atoms with Gasteiger partial charge in [0.05, 0.1) is 30.8 Å². The number of alkyl carbamates (subject to hydrolysis) is 1. The standard InChI is InChI=1S/C26H26N4O7S2/c1-36-26(32)29-21(15-17-6-3-2-4-7-17)24(31)27-20(22-16-38-25(28-22)23-8-5-13-37-23)14-18-9-11-19(12-10-18)30-39(33,34)35/h2-13,16,20-21,30H,14-15H2,1H3,(H,27,31)(H,29,32)(H,33,34,35)/t20-,21-/m0/s1. The topological polar surface area (TPSA) is 160 Å². The summed E-state index contributed by atoms with van der Waals surface area (Å²) < 4.78 is 43.4. The normalized spacial score (nSPS) is 12.8. The summed E-state index contributed by atoms with van der Waals surface area (Å²) in [6.07, 6.45) is 1.34. The van der Waals surface area contributed by atoms with Crippen molar-refractivity contribution in [2.24, 2.45) is 0 Å². The Morgan fingerprint density at radius 2 is 1.72 bits per heavy atom. The minimum atomic E-state index is -4.41. The van der Waals surface area contributed by atoms with Crippen LogP contribution in [0.1, 0.15) is 22.9 Å². The van der Waals surface area contributed by atoms with Gasteiger partial charge in [0.25, 0.3) is 0 Å². The minimum Gasteiger partial charge on any atom is -0.462 e. The number of furan rings is 1. The lowest BCUT2D eigenvalue weighted by Gasteiger charge is -2.23. The number of carbonyl (C=O) groups excluding carboxylic acids is 2. The second-order valence-corrected chi connectivity index (χ2v) is 10.5. The molecule has 2 amide bonds. The summed E-state index contributed by atoms with van der Waals surface area (Å²) in [7, 11) is -3.18. The molecule has 2 aromatic carbocycles. The molecule has 2 atom stereocenters. The molecule has 0 aliphatic rings. The number of benzene rings is 2. The van der Waals surface area contributed by atoms with E-state index in [4.69, 9.17) is 13.7 Å². The van der Waals surface area contributed by atoms with Crippen molar-refractivity contribution in [1.29, 1.82) is 0 Å². The number of thiazole rings is 1. The Balaban J connectivity index is 1.59. The summed E-state index contributed by atoms with van der Waals surface area (Å²) in [4.78, 5) is 30.2. The maximum atomic E-state index is 13.5. The highest BCUT2D eigenvalue weighted by Crippen LogP contribution is 2.28. The van der Waals surface area contributed by atoms with Crippen molar-refractivity contribution in [3.8, 4) is 10.8 Å². The van der Waals surface area contributed by atoms with E-state index in [0.717, 1.165) is 11.1 Å². The van der Waals surface area contributed by atoms with Gasteiger partial charge in [0.2, 0.25) is 5.91 Å². The van der Waals surface area contributed by atoms with E-state index < -0.39 is 34.4 Å². The molecule has 4 N–H and O–H groups in total. The van der Waals surface area contributed by atoms with Crippen LogP contribution in [0.5, 0.6) is 0 Å². The van der Waals surface area contributed by atoms with E-state index in [2.05, 4.69) is 15.6 Å². The SMILES string of the molecule is COC(=O)N[C@@H](Cc1ccccc1)C(=O)N[C@@H](Cc1ccc(NS(=O)(=O)O)cc1)c1csc(-c2ccco2)n1. The average Bonchev–Trinajstić information content (AvgIpc) is 3.61. The Morgan fingerprint density at radius 3 is 2.36 bits per heavy atom. The fourth-order valence-corrected chi connectivity index (χ4v) is 5.09. The Labute approximate surface area is 229 Å². The third kappa shape index (κ3) is 8.14. The van der Waals surface area contributed by atoms with Crippen LogP contribution in [0.4, 0.5) is 10.5 Å². The van der Waals surface area contributed by atoms with Gasteiger partial charge in [-0.1, -0.05) is 42.5 Å². The number of amides is 2. The predicted molar refractivity (Wildman–Crippen MR) is 145 cm³/mol. The minimum absolute atomic E-state index is 0.181. The zero-order valence-electron chi connectivity index (χ0n) is 20.7. The van der Waals surface area contributed by atoms with Crippen molar-refractivity contribution in [1.82, 2.24) is 15.6 Å². The Hall–Kier alpha value is -4.20. The van der Waals surface area contributed by atoms with Crippen molar-refractivity contribution in [2.45, 2.75) is 24.9 Å². The first-order chi connectivity index (χ1) is 18.7. The molecule has 0 fully saturated rings. The van der Waals surface area contributed by atoms with Crippen molar-refractivity contribution in [3.05, 3.63) is 95.2 Å². The number of methoxy groups -OCH3 is 1. The van der Waals surface area contributed by atoms with Gasteiger partial charge in [-0.3, -0.25) is 14.1 Å². The van der Waals surface area contributed by atoms with E-state index in [0.29, 0.717) is 22.9 Å². The second kappa shape index (κ2) is 12.6. The number of nitrogens with zero attached hydrogens (tertiary/aromatic N) is 1. The number of anilines is 1. The summed E-state index contributed by atoms with van der Waals surface area (Å²) in [5.74, 6) is 0.151. The molecule has 0 aliphatic carbocycles. The zero-order valence-corrected chi connectivity index (χ0v) is 22.4. The van der Waals surface area contributed by atoms with Crippen LogP contribution in [-0.2, 0) is 32.7 Å². The van der Waals surface area contributed by atoms with E-state index in [1.165, 1.54) is 30.6 Å². The quantitative estimate of drug-likeness (QED) is 0.197. The molecule has 204 valence electrons. The number of carbonyl (C=O) groups is 2. The first kappa shape index (κ1) is 27.8. The highest BCUT2D eigenvalue weighted by molar-refractivity contribution is 7.87. The van der Waals surface area contributed by atoms with Crippen LogP contribution in [0, 0.1) is 0 Å². The largest absolute Gasteiger partial charge is 0.462 e. The first-order valence-electron chi connectivity index (χ1n) is 11.7. The Morgan fingerprint density at radius 1 is 1.00 bits per heavy atom. The monoisotopic (exact) mass is 570 g/mol. The van der Waals surface area contributed by atoms with E-state index in [1.807, 2.05) is 40.4 Å². The third-order valence-electron chi connectivity index (χ3n) is 5.64. The van der Waals surface area contributed by atoms with Crippen LogP contribution in [-0.4, -0.2) is 43.1 Å². The van der Waals surface area contributed by atoms with E-state index >= 15 is 0 Å². The zero-order chi connectivity index (χ0) is 27.8. The van der Waals surface area contributed by atoms with Crippen LogP contribution in [0.2, 0.25) is 0 Å². The lowest BCUT2D eigenvalue weighted by Crippen LogP contribution is -2.49. The second-order valence-electron chi connectivity index (χ2n) is 8.47. The fourth-order valence-electron chi connectivity index (χ4n) is 3.82. The number of hydrogen-bond acceptors (Lipinski definition) is 8. The van der Waals surface area contributed by atoms with Gasteiger partial charge in [-0.05, 0) is 41.8 Å². The fraction of sp³-hybridized carbons (Fsp3) is 0.192. The van der Waals surface area contributed by atoms with Crippen molar-refractivity contribution in [3.63, 3.8) is 0 Å². The molecule has 0 bridgehead atoms. The van der Waals surface area contributed by atoms with Crippen LogP contribution in [0.25, 0.3) is 10.8 Å². The number of ether oxygens (including phenoxy) is 1. The van der Waals surface area contributed by atoms with E-state index in [1.54, 1.807) is 30.5 Å². The highest BCUT2D eigenvalue weighted by Gasteiger charge is 2.26. The van der Waals surface area contributed by atoms with Gasteiger partial charge >= 0.3 is 16.4 Å². The maximum Gasteiger partial charge on any atom is 0.407 e. The molecule has 0 unspecified atom stereocenters. The summed E-state index contributed by atoms with van der Waals surface area (Å²) in [6.45, 7) is 0. The molecular formula is C26H26N4O7S2. The van der Waals surface area contributed by atoms with Gasteiger partial charge in [-0.25, -0.2) is 9.78 Å². The first-order valence-corrected chi connectivity index (χ1v) is 14.0. The van der Waals surface area contributed by atoms with Gasteiger partial charge in [0.1, 0.15) is 6.04 Å². The number of nitrogens with one attached hydrogen (secondary N) is 3. The Bertz CT molecular complexity index is 1490. The lowest BCUT2D eigenvalue weighted by atomic mass is 10.0. The van der Waals surface area contributed by atoms with Gasteiger partial charge in [-0.2, -0.15) is 8.42 Å². The third-order valence-corrected chi connectivity index (χ3v) is 7.01. The average molecular weight is 571 g/mol. The lowest BCUT2D eigenvalue weighted by molar-refractivity contribution is -0.123. The molecule has 2 heterocycles. The summed E-state index contributed by atoms with van der Waals surface area (Å²) in [5.41, 5.74) is 2.37. The molecular weight excluding hydrogens is 544 g/mol. The Kier molecular flexibility index (Phi) is 8.96. The number of aromatic nitrogens is 1. The molecule has 0 radical (unpaired) electrons. The molecule has 0 aliphatic heterocycles. The maximum absolute atomic E-state index is 13.5. The van der Waals surface area contributed by atoms with Crippen molar-refractivity contribution >= 4 is 39.3 Å². The molecule has 0 spiro atoms. The molecule has 11 nitrogen and oxygen atoms in total. The highest BCUT2D eigenvalue weighted by atomic mass is 32.2. The summed E-state index contributed by atoms with van der Waals surface area (Å²) >= 11 is 1.36. The molecule has 0 saturated carbocycles. The van der Waals surface area contributed by atoms with Crippen LogP contribution in [0.3, 0.4) is 0 Å². The predicted octanol–water partition coefficient (Wildman–Crippen LogP) is 3.99. The van der Waals surface area contributed by atoms with Crippen LogP contribution < -0.4 is 15.4 Å². The van der Waals surface area contributed by atoms with Gasteiger partial charge < -0.3 is 19.8 Å². The molecule has 2 aromatic heterocycles. The van der Waals surface area contributed by atoms with Crippen molar-refractivity contribution < 1.29 is 31.7 Å². The molecule has 39 heavy (non-hydrogen) atoms. The van der Waals surface area contributed by atoms with E-state index in [-0.39, 0.29) is 12.1 Å². The van der Waals surface area contributed by atoms with Crippen LogP contribution >= 0.6 is 11.3 Å². The van der Waals surface area contributed by atoms with Gasteiger partial charge in [0.15, 0.2) is 10.8 Å². The van der Waals surface area contributed by atoms with Gasteiger partial charge in [-0.15, -0.1) is 11.3 Å². The summed E-state index contributed by atoms with van der Waals surface area (Å²) in [6, 6.07) is 17.6. The van der Waals surface area contributed by atoms with E-state index in [9.17, 15) is 18.0 Å². The molecule has 13 heteroatoms. The molecule has 4 rings (SSSR count). The summed E-state index contributed by atoms with van der Waals surface area (Å²) in [5, 5.41) is 8.04. The molecule has 0 saturated heterocycles. The molecule has 4 aromatic rings. The van der Waals surface area contributed by atoms with Crippen LogP contribution in [0.15, 0.2) is 82.8 Å². The van der Waals surface area contributed by atoms with Gasteiger partial charge in [0, 0.05) is 11.8 Å². The smallest absolute Gasteiger partial charge is 0.407 e. The number of hydrogen-bond donors (Lipinski definition) is 4. The van der Waals surface area contributed by atoms with Crippen molar-refractivity contribution in [2.75, 3.05) is 11.8 Å². The number of rotatable bonds is 11.